The molecule has 3 heterocycles. The van der Waals surface area contributed by atoms with Crippen LogP contribution in [-0.2, 0) is 21.1 Å². The summed E-state index contributed by atoms with van der Waals surface area (Å²) in [5, 5.41) is 0.333. The van der Waals surface area contributed by atoms with Crippen molar-refractivity contribution in [3.8, 4) is 0 Å². The lowest BCUT2D eigenvalue weighted by atomic mass is 9.97. The van der Waals surface area contributed by atoms with Crippen LogP contribution in [0.4, 0.5) is 14.6 Å². The third-order valence-electron chi connectivity index (χ3n) is 6.15. The van der Waals surface area contributed by atoms with Crippen molar-refractivity contribution in [2.75, 3.05) is 30.8 Å². The molecule has 1 aromatic heterocycles. The molecule has 0 bridgehead atoms. The molecule has 4 rings (SSSR count). The highest BCUT2D eigenvalue weighted by Crippen LogP contribution is 2.30. The van der Waals surface area contributed by atoms with E-state index in [9.17, 15) is 22.0 Å². The van der Waals surface area contributed by atoms with Crippen molar-refractivity contribution in [3.63, 3.8) is 0 Å². The molecule has 2 aromatic rings. The molecule has 0 aliphatic carbocycles. The van der Waals surface area contributed by atoms with E-state index in [0.717, 1.165) is 44.1 Å². The number of piperidine rings is 1. The number of anilines is 1. The zero-order valence-corrected chi connectivity index (χ0v) is 19.0. The van der Waals surface area contributed by atoms with Crippen LogP contribution >= 0.6 is 11.6 Å². The first-order valence-electron chi connectivity index (χ1n) is 10.3. The Hall–Kier alpha value is -2.33. The minimum Gasteiger partial charge on any atom is -0.355 e. The van der Waals surface area contributed by atoms with Gasteiger partial charge in [0.1, 0.15) is 27.5 Å². The first-order chi connectivity index (χ1) is 15.1. The molecular formula is C21H23ClF2N4O3S. The van der Waals surface area contributed by atoms with Crippen molar-refractivity contribution in [2.24, 2.45) is 5.92 Å². The molecule has 1 amide bonds. The van der Waals surface area contributed by atoms with E-state index in [1.807, 2.05) is 4.90 Å². The monoisotopic (exact) mass is 484 g/mol. The quantitative estimate of drug-likeness (QED) is 0.649. The molecule has 32 heavy (non-hydrogen) atoms. The SMILES string of the molecule is CS(=O)(=O)c1cc(F)c(C[C@H]2CCN(C3CCN(c4cnc(Cl)cn4)CC3)C2=O)cc1F. The maximum atomic E-state index is 14.4. The predicted molar refractivity (Wildman–Crippen MR) is 115 cm³/mol. The molecular weight excluding hydrogens is 462 g/mol. The lowest BCUT2D eigenvalue weighted by molar-refractivity contribution is -0.133. The van der Waals surface area contributed by atoms with Crippen molar-refractivity contribution in [1.82, 2.24) is 14.9 Å². The van der Waals surface area contributed by atoms with Crippen LogP contribution in [0.3, 0.4) is 0 Å². The van der Waals surface area contributed by atoms with Crippen molar-refractivity contribution in [1.29, 1.82) is 0 Å². The van der Waals surface area contributed by atoms with E-state index in [4.69, 9.17) is 11.6 Å². The number of hydrogen-bond acceptors (Lipinski definition) is 6. The highest BCUT2D eigenvalue weighted by atomic mass is 35.5. The van der Waals surface area contributed by atoms with E-state index in [1.165, 1.54) is 6.20 Å². The Balaban J connectivity index is 1.39. The minimum atomic E-state index is -3.87. The number of hydrogen-bond donors (Lipinski definition) is 0. The molecule has 0 N–H and O–H groups in total. The summed E-state index contributed by atoms with van der Waals surface area (Å²) in [7, 11) is -3.87. The van der Waals surface area contributed by atoms with Gasteiger partial charge in [0.25, 0.3) is 0 Å². The molecule has 0 radical (unpaired) electrons. The van der Waals surface area contributed by atoms with Gasteiger partial charge >= 0.3 is 0 Å². The van der Waals surface area contributed by atoms with E-state index < -0.39 is 32.3 Å². The fourth-order valence-electron chi connectivity index (χ4n) is 4.47. The molecule has 7 nitrogen and oxygen atoms in total. The van der Waals surface area contributed by atoms with Crippen molar-refractivity contribution in [2.45, 2.75) is 36.6 Å². The molecule has 2 saturated heterocycles. The number of sulfone groups is 1. The van der Waals surface area contributed by atoms with Crippen LogP contribution in [0.2, 0.25) is 5.15 Å². The van der Waals surface area contributed by atoms with Crippen molar-refractivity contribution in [3.05, 3.63) is 46.9 Å². The van der Waals surface area contributed by atoms with E-state index in [-0.39, 0.29) is 23.9 Å². The maximum absolute atomic E-state index is 14.4. The topological polar surface area (TPSA) is 83.5 Å². The normalized spacial score (nSPS) is 20.2. The molecule has 2 fully saturated rings. The van der Waals surface area contributed by atoms with Gasteiger partial charge in [-0.1, -0.05) is 11.6 Å². The van der Waals surface area contributed by atoms with Crippen LogP contribution in [0.1, 0.15) is 24.8 Å². The Morgan fingerprint density at radius 2 is 1.78 bits per heavy atom. The second-order valence-electron chi connectivity index (χ2n) is 8.28. The van der Waals surface area contributed by atoms with Gasteiger partial charge in [0.05, 0.1) is 12.4 Å². The molecule has 172 valence electrons. The summed E-state index contributed by atoms with van der Waals surface area (Å²) < 4.78 is 51.8. The van der Waals surface area contributed by atoms with E-state index >= 15 is 0 Å². The molecule has 0 spiro atoms. The fraction of sp³-hybridized carbons (Fsp3) is 0.476. The smallest absolute Gasteiger partial charge is 0.226 e. The number of likely N-dealkylation sites (tertiary alicyclic amines) is 1. The van der Waals surface area contributed by atoms with Crippen LogP contribution in [0.15, 0.2) is 29.4 Å². The Kier molecular flexibility index (Phi) is 6.35. The van der Waals surface area contributed by atoms with E-state index in [0.29, 0.717) is 24.2 Å². The van der Waals surface area contributed by atoms with Crippen LogP contribution in [0.5, 0.6) is 0 Å². The minimum absolute atomic E-state index is 0.0197. The lowest BCUT2D eigenvalue weighted by Crippen LogP contribution is -2.46. The molecule has 0 unspecified atom stereocenters. The molecule has 11 heteroatoms. The van der Waals surface area contributed by atoms with Crippen LogP contribution in [0, 0.1) is 17.6 Å². The largest absolute Gasteiger partial charge is 0.355 e. The zero-order chi connectivity index (χ0) is 23.0. The first-order valence-corrected chi connectivity index (χ1v) is 12.6. The average Bonchev–Trinajstić information content (AvgIpc) is 3.10. The number of nitrogens with zero attached hydrogens (tertiary/aromatic N) is 4. The summed E-state index contributed by atoms with van der Waals surface area (Å²) in [6.45, 7) is 2.02. The average molecular weight is 485 g/mol. The van der Waals surface area contributed by atoms with Crippen molar-refractivity contribution >= 4 is 33.2 Å². The van der Waals surface area contributed by atoms with Gasteiger partial charge in [-0.15, -0.1) is 0 Å². The van der Waals surface area contributed by atoms with Crippen LogP contribution < -0.4 is 4.90 Å². The van der Waals surface area contributed by atoms with Gasteiger partial charge in [-0.25, -0.2) is 27.2 Å². The van der Waals surface area contributed by atoms with Gasteiger partial charge in [-0.05, 0) is 43.4 Å². The summed E-state index contributed by atoms with van der Waals surface area (Å²) in [4.78, 5) is 24.6. The Morgan fingerprint density at radius 3 is 2.41 bits per heavy atom. The Labute approximate surface area is 190 Å². The van der Waals surface area contributed by atoms with Crippen LogP contribution in [0.25, 0.3) is 0 Å². The van der Waals surface area contributed by atoms with Crippen LogP contribution in [-0.4, -0.2) is 61.1 Å². The molecule has 2 aliphatic rings. The van der Waals surface area contributed by atoms with Gasteiger partial charge in [-0.2, -0.15) is 0 Å². The highest BCUT2D eigenvalue weighted by molar-refractivity contribution is 7.90. The maximum Gasteiger partial charge on any atom is 0.226 e. The van der Waals surface area contributed by atoms with Gasteiger partial charge < -0.3 is 9.80 Å². The number of halogens is 3. The van der Waals surface area contributed by atoms with E-state index in [2.05, 4.69) is 14.9 Å². The molecule has 2 aliphatic heterocycles. The fourth-order valence-corrected chi connectivity index (χ4v) is 5.29. The number of carbonyl (C=O) groups excluding carboxylic acids is 1. The van der Waals surface area contributed by atoms with Gasteiger partial charge in [-0.3, -0.25) is 4.79 Å². The second-order valence-corrected chi connectivity index (χ2v) is 10.7. The third-order valence-corrected chi connectivity index (χ3v) is 7.46. The van der Waals surface area contributed by atoms with Crippen molar-refractivity contribution < 1.29 is 22.0 Å². The number of benzene rings is 1. The van der Waals surface area contributed by atoms with E-state index in [1.54, 1.807) is 6.20 Å². The Morgan fingerprint density at radius 1 is 1.06 bits per heavy atom. The zero-order valence-electron chi connectivity index (χ0n) is 17.5. The first kappa shape index (κ1) is 22.8. The lowest BCUT2D eigenvalue weighted by Gasteiger charge is -2.37. The molecule has 1 atom stereocenters. The summed E-state index contributed by atoms with van der Waals surface area (Å²) in [6.07, 6.45) is 6.10. The number of carbonyl (C=O) groups is 1. The molecule has 1 aromatic carbocycles. The highest BCUT2D eigenvalue weighted by Gasteiger charge is 2.37. The number of amides is 1. The third kappa shape index (κ3) is 4.71. The van der Waals surface area contributed by atoms with Gasteiger partial charge in [0, 0.05) is 37.8 Å². The summed E-state index contributed by atoms with van der Waals surface area (Å²) >= 11 is 5.79. The summed E-state index contributed by atoms with van der Waals surface area (Å²) in [5.74, 6) is -1.58. The number of aromatic nitrogens is 2. The summed E-state index contributed by atoms with van der Waals surface area (Å²) in [6, 6.07) is 1.68. The summed E-state index contributed by atoms with van der Waals surface area (Å²) in [5.41, 5.74) is 0.0197. The van der Waals surface area contributed by atoms with Gasteiger partial charge in [0.2, 0.25) is 5.91 Å². The van der Waals surface area contributed by atoms with Gasteiger partial charge in [0.15, 0.2) is 9.84 Å². The molecule has 0 saturated carbocycles. The Bertz CT molecular complexity index is 1120. The predicted octanol–water partition coefficient (Wildman–Crippen LogP) is 2.87. The number of rotatable bonds is 5. The standard InChI is InChI=1S/C21H23ClF2N4O3S/c1-32(30,31)18-10-16(23)14(9-17(18)24)8-13-2-7-28(21(13)29)15-3-5-27(6-4-15)20-12-25-19(22)11-26-20/h9-13,15H,2-8H2,1H3/t13-/m1/s1. The second kappa shape index (κ2) is 8.90.